The first-order chi connectivity index (χ1) is 13.8. The monoisotopic (exact) mass is 397 g/mol. The second-order valence-corrected chi connectivity index (χ2v) is 9.00. The van der Waals surface area contributed by atoms with Crippen molar-refractivity contribution in [3.05, 3.63) is 29.2 Å². The Morgan fingerprint density at radius 3 is 2.66 bits per heavy atom. The number of aryl methyl sites for hydroxylation is 1. The zero-order chi connectivity index (χ0) is 20.6. The number of aliphatic hydroxyl groups excluding tert-OH is 1. The summed E-state index contributed by atoms with van der Waals surface area (Å²) in [5, 5.41) is 16.4. The highest BCUT2D eigenvalue weighted by Crippen LogP contribution is 2.41. The summed E-state index contributed by atoms with van der Waals surface area (Å²) >= 11 is 0. The second kappa shape index (κ2) is 7.74. The van der Waals surface area contributed by atoms with Gasteiger partial charge in [0.2, 0.25) is 11.9 Å². The first kappa shape index (κ1) is 19.8. The van der Waals surface area contributed by atoms with E-state index < -0.39 is 0 Å². The van der Waals surface area contributed by atoms with Crippen LogP contribution in [0.5, 0.6) is 0 Å². The van der Waals surface area contributed by atoms with Crippen molar-refractivity contribution in [2.24, 2.45) is 5.41 Å². The molecule has 1 aliphatic carbocycles. The van der Waals surface area contributed by atoms with E-state index in [4.69, 9.17) is 4.98 Å². The Hall–Kier alpha value is -2.48. The molecule has 29 heavy (non-hydrogen) atoms. The summed E-state index contributed by atoms with van der Waals surface area (Å²) in [4.78, 5) is 20.7. The van der Waals surface area contributed by atoms with E-state index in [1.54, 1.807) is 0 Å². The topological polar surface area (TPSA) is 99.1 Å². The van der Waals surface area contributed by atoms with Gasteiger partial charge in [-0.1, -0.05) is 13.8 Å². The number of anilines is 3. The molecule has 8 nitrogen and oxygen atoms in total. The number of hydrogen-bond acceptors (Lipinski definition) is 8. The minimum Gasteiger partial charge on any atom is -0.393 e. The van der Waals surface area contributed by atoms with Gasteiger partial charge in [-0.3, -0.25) is 0 Å². The van der Waals surface area contributed by atoms with Crippen molar-refractivity contribution in [3.63, 3.8) is 0 Å². The van der Waals surface area contributed by atoms with Gasteiger partial charge in [0.15, 0.2) is 0 Å². The maximum absolute atomic E-state index is 9.78. The molecule has 2 aromatic heterocycles. The van der Waals surface area contributed by atoms with Crippen LogP contribution >= 0.6 is 0 Å². The largest absolute Gasteiger partial charge is 0.393 e. The fraction of sp³-hybridized carbons (Fsp3) is 0.619. The quantitative estimate of drug-likeness (QED) is 0.724. The van der Waals surface area contributed by atoms with Gasteiger partial charge < -0.3 is 20.6 Å². The van der Waals surface area contributed by atoms with Crippen LogP contribution in [0.4, 0.5) is 17.7 Å². The van der Waals surface area contributed by atoms with E-state index in [0.29, 0.717) is 5.95 Å². The van der Waals surface area contributed by atoms with Crippen LogP contribution in [0.1, 0.15) is 56.1 Å². The van der Waals surface area contributed by atoms with Crippen LogP contribution < -0.4 is 15.5 Å². The lowest BCUT2D eigenvalue weighted by atomic mass is 9.74. The number of hydrogen-bond donors (Lipinski definition) is 3. The molecule has 1 aliphatic heterocycles. The first-order valence-electron chi connectivity index (χ1n) is 10.4. The number of piperidine rings is 1. The minimum absolute atomic E-state index is 0.102. The number of rotatable bonds is 4. The zero-order valence-corrected chi connectivity index (χ0v) is 17.7. The molecule has 1 atom stereocenters. The smallest absolute Gasteiger partial charge is 0.225 e. The predicted octanol–water partition coefficient (Wildman–Crippen LogP) is 2.70. The lowest BCUT2D eigenvalue weighted by Crippen LogP contribution is -2.38. The predicted molar refractivity (Wildman–Crippen MR) is 114 cm³/mol. The first-order valence-corrected chi connectivity index (χ1v) is 10.4. The lowest BCUT2D eigenvalue weighted by Gasteiger charge is -2.37. The van der Waals surface area contributed by atoms with Gasteiger partial charge in [-0.15, -0.1) is 0 Å². The Balaban J connectivity index is 1.61. The number of aromatic nitrogens is 4. The number of aliphatic hydroxyl groups is 1. The molecule has 0 aromatic carbocycles. The van der Waals surface area contributed by atoms with Crippen LogP contribution in [0.15, 0.2) is 12.3 Å². The van der Waals surface area contributed by atoms with Crippen LogP contribution in [0.2, 0.25) is 0 Å². The van der Waals surface area contributed by atoms with E-state index in [0.717, 1.165) is 67.5 Å². The van der Waals surface area contributed by atoms with Gasteiger partial charge in [-0.05, 0) is 38.0 Å². The third-order valence-electron chi connectivity index (χ3n) is 5.81. The Kier molecular flexibility index (Phi) is 5.29. The van der Waals surface area contributed by atoms with Gasteiger partial charge in [0.25, 0.3) is 0 Å². The molecule has 3 N–H and O–H groups in total. The van der Waals surface area contributed by atoms with Gasteiger partial charge in [0.1, 0.15) is 5.82 Å². The van der Waals surface area contributed by atoms with Crippen molar-refractivity contribution in [2.75, 3.05) is 35.7 Å². The fourth-order valence-corrected chi connectivity index (χ4v) is 4.32. The highest BCUT2D eigenvalue weighted by Gasteiger charge is 2.34. The maximum Gasteiger partial charge on any atom is 0.225 e. The highest BCUT2D eigenvalue weighted by atomic mass is 16.3. The minimum atomic E-state index is -0.199. The standard InChI is InChI=1S/C21H31N7O/c1-13-9-18(27-19(22-4)24-13)25-16-10-21(2,3)11-17-15(16)12-23-20(26-17)28-7-5-14(29)6-8-28/h9,12,14,16,29H,5-8,10-11H2,1-4H3,(H2,22,24,25,27)/t16-/m0/s1. The van der Waals surface area contributed by atoms with Gasteiger partial charge in [0.05, 0.1) is 17.8 Å². The molecule has 0 bridgehead atoms. The van der Waals surface area contributed by atoms with Crippen molar-refractivity contribution >= 4 is 17.7 Å². The highest BCUT2D eigenvalue weighted by molar-refractivity contribution is 5.46. The Morgan fingerprint density at radius 2 is 1.93 bits per heavy atom. The molecular weight excluding hydrogens is 366 g/mol. The second-order valence-electron chi connectivity index (χ2n) is 9.00. The third kappa shape index (κ3) is 4.42. The summed E-state index contributed by atoms with van der Waals surface area (Å²) < 4.78 is 0. The van der Waals surface area contributed by atoms with E-state index in [-0.39, 0.29) is 17.6 Å². The molecule has 2 aromatic rings. The van der Waals surface area contributed by atoms with Crippen LogP contribution in [0.3, 0.4) is 0 Å². The summed E-state index contributed by atoms with van der Waals surface area (Å²) in [6, 6.07) is 2.07. The molecule has 156 valence electrons. The van der Waals surface area contributed by atoms with E-state index in [9.17, 15) is 5.11 Å². The van der Waals surface area contributed by atoms with Crippen LogP contribution in [-0.4, -0.2) is 51.3 Å². The van der Waals surface area contributed by atoms with E-state index in [1.165, 1.54) is 0 Å². The summed E-state index contributed by atoms with van der Waals surface area (Å²) in [6.07, 6.45) is 5.24. The van der Waals surface area contributed by atoms with Crippen LogP contribution in [-0.2, 0) is 6.42 Å². The van der Waals surface area contributed by atoms with Crippen molar-refractivity contribution in [3.8, 4) is 0 Å². The molecule has 1 saturated heterocycles. The summed E-state index contributed by atoms with van der Waals surface area (Å²) in [7, 11) is 1.83. The summed E-state index contributed by atoms with van der Waals surface area (Å²) in [5.41, 5.74) is 3.30. The molecule has 0 radical (unpaired) electrons. The van der Waals surface area contributed by atoms with Crippen LogP contribution in [0.25, 0.3) is 0 Å². The van der Waals surface area contributed by atoms with Crippen molar-refractivity contribution < 1.29 is 5.11 Å². The van der Waals surface area contributed by atoms with Crippen molar-refractivity contribution in [1.29, 1.82) is 0 Å². The lowest BCUT2D eigenvalue weighted by molar-refractivity contribution is 0.145. The Morgan fingerprint density at radius 1 is 1.17 bits per heavy atom. The normalized spacial score (nSPS) is 21.6. The molecular formula is C21H31N7O. The molecule has 0 spiro atoms. The van der Waals surface area contributed by atoms with E-state index in [2.05, 4.69) is 44.3 Å². The van der Waals surface area contributed by atoms with Crippen molar-refractivity contribution in [1.82, 2.24) is 19.9 Å². The van der Waals surface area contributed by atoms with Gasteiger partial charge in [-0.25, -0.2) is 15.0 Å². The average molecular weight is 398 g/mol. The molecule has 2 aliphatic rings. The molecule has 1 fully saturated rings. The Labute approximate surface area is 172 Å². The molecule has 0 unspecified atom stereocenters. The van der Waals surface area contributed by atoms with E-state index >= 15 is 0 Å². The van der Waals surface area contributed by atoms with Gasteiger partial charge in [-0.2, -0.15) is 4.98 Å². The van der Waals surface area contributed by atoms with Crippen LogP contribution in [0, 0.1) is 12.3 Å². The molecule has 0 saturated carbocycles. The van der Waals surface area contributed by atoms with Crippen molar-refractivity contribution in [2.45, 2.75) is 58.6 Å². The number of fused-ring (bicyclic) bond motifs is 1. The van der Waals surface area contributed by atoms with E-state index in [1.807, 2.05) is 26.2 Å². The summed E-state index contributed by atoms with van der Waals surface area (Å²) in [5.74, 6) is 2.20. The fourth-order valence-electron chi connectivity index (χ4n) is 4.32. The number of nitrogens with one attached hydrogen (secondary N) is 2. The average Bonchev–Trinajstić information content (AvgIpc) is 2.66. The molecule has 0 amide bonds. The number of nitrogens with zero attached hydrogens (tertiary/aromatic N) is 5. The SMILES string of the molecule is CNc1nc(C)cc(N[C@H]2CC(C)(C)Cc3nc(N4CCC(O)CC4)ncc32)n1. The van der Waals surface area contributed by atoms with Gasteiger partial charge in [0, 0.05) is 43.7 Å². The molecule has 8 heteroatoms. The van der Waals surface area contributed by atoms with Gasteiger partial charge >= 0.3 is 0 Å². The Bertz CT molecular complexity index is 877. The molecule has 4 rings (SSSR count). The summed E-state index contributed by atoms with van der Waals surface area (Å²) in [6.45, 7) is 8.15. The third-order valence-corrected chi connectivity index (χ3v) is 5.81. The maximum atomic E-state index is 9.78. The zero-order valence-electron chi connectivity index (χ0n) is 17.7. The molecule has 3 heterocycles.